The molecule has 6 nitrogen and oxygen atoms in total. The van der Waals surface area contributed by atoms with Gasteiger partial charge in [0, 0.05) is 26.1 Å². The molecule has 0 spiro atoms. The van der Waals surface area contributed by atoms with Crippen LogP contribution >= 0.6 is 0 Å². The van der Waals surface area contributed by atoms with Crippen LogP contribution in [0.1, 0.15) is 16.8 Å². The van der Waals surface area contributed by atoms with Crippen molar-refractivity contribution in [3.63, 3.8) is 0 Å². The van der Waals surface area contributed by atoms with Crippen LogP contribution in [-0.2, 0) is 19.5 Å². The molecule has 7 heteroatoms. The van der Waals surface area contributed by atoms with E-state index in [0.717, 1.165) is 17.8 Å². The van der Waals surface area contributed by atoms with Crippen molar-refractivity contribution in [2.45, 2.75) is 19.5 Å². The van der Waals surface area contributed by atoms with E-state index in [-0.39, 0.29) is 17.1 Å². The highest BCUT2D eigenvalue weighted by atomic mass is 19.1. The molecule has 0 unspecified atom stereocenters. The fourth-order valence-electron chi connectivity index (χ4n) is 3.21. The second kappa shape index (κ2) is 6.76. The predicted molar refractivity (Wildman–Crippen MR) is 93.3 cm³/mol. The molecule has 0 bridgehead atoms. The van der Waals surface area contributed by atoms with Crippen molar-refractivity contribution in [1.82, 2.24) is 14.9 Å². The lowest BCUT2D eigenvalue weighted by atomic mass is 10.1. The number of benzene rings is 1. The second-order valence-corrected chi connectivity index (χ2v) is 6.25. The summed E-state index contributed by atoms with van der Waals surface area (Å²) >= 11 is 0. The maximum absolute atomic E-state index is 13.6. The average Bonchev–Trinajstić information content (AvgIpc) is 3.18. The van der Waals surface area contributed by atoms with Gasteiger partial charge >= 0.3 is 0 Å². The van der Waals surface area contributed by atoms with Crippen LogP contribution in [0.4, 0.5) is 4.39 Å². The first kappa shape index (κ1) is 16.5. The fourth-order valence-corrected chi connectivity index (χ4v) is 3.21. The largest absolute Gasteiger partial charge is 0.494 e. The zero-order valence-electron chi connectivity index (χ0n) is 14.3. The zero-order valence-corrected chi connectivity index (χ0v) is 14.3. The quantitative estimate of drug-likeness (QED) is 0.779. The molecule has 0 aliphatic carbocycles. The average molecular weight is 355 g/mol. The van der Waals surface area contributed by atoms with E-state index in [1.807, 2.05) is 0 Å². The Kier molecular flexibility index (Phi) is 4.30. The highest BCUT2D eigenvalue weighted by Gasteiger charge is 2.22. The zero-order chi connectivity index (χ0) is 18.1. The van der Waals surface area contributed by atoms with Crippen LogP contribution < -0.4 is 10.3 Å². The number of aromatic nitrogens is 2. The first-order chi connectivity index (χ1) is 12.6. The third kappa shape index (κ3) is 3.13. The summed E-state index contributed by atoms with van der Waals surface area (Å²) in [7, 11) is 1.45. The number of nitrogens with one attached hydrogen (secondary N) is 1. The number of rotatable bonds is 4. The molecule has 4 rings (SSSR count). The normalized spacial score (nSPS) is 14.2. The number of furan rings is 1. The monoisotopic (exact) mass is 355 g/mol. The third-order valence-corrected chi connectivity index (χ3v) is 4.52. The van der Waals surface area contributed by atoms with Gasteiger partial charge in [0.05, 0.1) is 24.6 Å². The van der Waals surface area contributed by atoms with E-state index in [1.165, 1.54) is 13.2 Å². The summed E-state index contributed by atoms with van der Waals surface area (Å²) in [6.45, 7) is 1.87. The Balaban J connectivity index is 1.56. The fraction of sp³-hybridized carbons (Fsp3) is 0.263. The van der Waals surface area contributed by atoms with E-state index in [2.05, 4.69) is 14.9 Å². The van der Waals surface area contributed by atoms with Gasteiger partial charge in [0.2, 0.25) is 0 Å². The molecule has 0 radical (unpaired) electrons. The Labute approximate surface area is 149 Å². The standard InChI is InChI=1S/C19H18FN3O3/c1-25-17-9-12(4-5-14(17)20)10-23-7-6-15-13(11-23)19(24)22-18(21-15)16-3-2-8-26-16/h2-5,8-9H,6-7,10-11H2,1H3,(H,21,22,24). The lowest BCUT2D eigenvalue weighted by Gasteiger charge is -2.27. The van der Waals surface area contributed by atoms with E-state index in [1.54, 1.807) is 30.5 Å². The van der Waals surface area contributed by atoms with Gasteiger partial charge in [-0.25, -0.2) is 9.37 Å². The van der Waals surface area contributed by atoms with Gasteiger partial charge in [-0.2, -0.15) is 0 Å². The Morgan fingerprint density at radius 1 is 1.38 bits per heavy atom. The maximum Gasteiger partial charge on any atom is 0.256 e. The van der Waals surface area contributed by atoms with Crippen molar-refractivity contribution in [1.29, 1.82) is 0 Å². The minimum atomic E-state index is -0.383. The predicted octanol–water partition coefficient (Wildman–Crippen LogP) is 2.74. The number of methoxy groups -OCH3 is 1. The number of nitrogens with zero attached hydrogens (tertiary/aromatic N) is 2. The molecule has 2 aromatic heterocycles. The molecule has 3 heterocycles. The summed E-state index contributed by atoms with van der Waals surface area (Å²) in [6, 6.07) is 8.34. The summed E-state index contributed by atoms with van der Waals surface area (Å²) < 4.78 is 23.9. The Hall–Kier alpha value is -2.93. The number of fused-ring (bicyclic) bond motifs is 1. The Morgan fingerprint density at radius 3 is 3.04 bits per heavy atom. The number of H-pyrrole nitrogens is 1. The molecule has 1 aromatic carbocycles. The molecule has 0 atom stereocenters. The van der Waals surface area contributed by atoms with Gasteiger partial charge in [0.25, 0.3) is 5.56 Å². The van der Waals surface area contributed by atoms with Crippen LogP contribution in [0.25, 0.3) is 11.6 Å². The molecule has 1 N–H and O–H groups in total. The SMILES string of the molecule is COc1cc(CN2CCc3nc(-c4ccco4)[nH]c(=O)c3C2)ccc1F. The molecule has 1 aliphatic rings. The van der Waals surface area contributed by atoms with Crippen LogP contribution in [0.2, 0.25) is 0 Å². The smallest absolute Gasteiger partial charge is 0.256 e. The van der Waals surface area contributed by atoms with Gasteiger partial charge in [0.1, 0.15) is 0 Å². The summed E-state index contributed by atoms with van der Waals surface area (Å²) in [5.74, 6) is 0.843. The molecule has 26 heavy (non-hydrogen) atoms. The Bertz CT molecular complexity index is 982. The van der Waals surface area contributed by atoms with Gasteiger partial charge < -0.3 is 14.1 Å². The lowest BCUT2D eigenvalue weighted by Crippen LogP contribution is -2.35. The third-order valence-electron chi connectivity index (χ3n) is 4.52. The molecule has 3 aromatic rings. The van der Waals surface area contributed by atoms with Crippen molar-refractivity contribution >= 4 is 0 Å². The molecule has 1 aliphatic heterocycles. The number of ether oxygens (including phenoxy) is 1. The van der Waals surface area contributed by atoms with Gasteiger partial charge in [0.15, 0.2) is 23.2 Å². The van der Waals surface area contributed by atoms with Crippen LogP contribution in [0.3, 0.4) is 0 Å². The Morgan fingerprint density at radius 2 is 2.27 bits per heavy atom. The van der Waals surface area contributed by atoms with Crippen molar-refractivity contribution in [2.75, 3.05) is 13.7 Å². The maximum atomic E-state index is 13.6. The van der Waals surface area contributed by atoms with E-state index in [0.29, 0.717) is 36.7 Å². The van der Waals surface area contributed by atoms with Crippen LogP contribution in [-0.4, -0.2) is 28.5 Å². The summed E-state index contributed by atoms with van der Waals surface area (Å²) in [5, 5.41) is 0. The first-order valence-corrected chi connectivity index (χ1v) is 8.35. The number of hydrogen-bond acceptors (Lipinski definition) is 5. The van der Waals surface area contributed by atoms with Crippen molar-refractivity contribution in [3.8, 4) is 17.3 Å². The molecule has 134 valence electrons. The van der Waals surface area contributed by atoms with E-state index < -0.39 is 0 Å². The molecule has 0 saturated heterocycles. The highest BCUT2D eigenvalue weighted by molar-refractivity contribution is 5.47. The molecule has 0 saturated carbocycles. The summed E-state index contributed by atoms with van der Waals surface area (Å²) in [5.41, 5.74) is 2.25. The number of hydrogen-bond donors (Lipinski definition) is 1. The molecule has 0 amide bonds. The lowest BCUT2D eigenvalue weighted by molar-refractivity contribution is 0.241. The van der Waals surface area contributed by atoms with E-state index in [4.69, 9.17) is 9.15 Å². The van der Waals surface area contributed by atoms with Crippen molar-refractivity contribution in [2.24, 2.45) is 0 Å². The van der Waals surface area contributed by atoms with Gasteiger partial charge in [-0.05, 0) is 29.8 Å². The van der Waals surface area contributed by atoms with Gasteiger partial charge in [-0.3, -0.25) is 9.69 Å². The summed E-state index contributed by atoms with van der Waals surface area (Å²) in [6.07, 6.45) is 2.22. The first-order valence-electron chi connectivity index (χ1n) is 8.35. The van der Waals surface area contributed by atoms with E-state index in [9.17, 15) is 9.18 Å². The number of halogens is 1. The van der Waals surface area contributed by atoms with Gasteiger partial charge in [-0.15, -0.1) is 0 Å². The topological polar surface area (TPSA) is 71.4 Å². The number of aromatic amines is 1. The van der Waals surface area contributed by atoms with Crippen LogP contribution in [0.15, 0.2) is 45.8 Å². The molecular formula is C19H18FN3O3. The highest BCUT2D eigenvalue weighted by Crippen LogP contribution is 2.23. The second-order valence-electron chi connectivity index (χ2n) is 6.25. The minimum Gasteiger partial charge on any atom is -0.494 e. The summed E-state index contributed by atoms with van der Waals surface area (Å²) in [4.78, 5) is 22.0. The van der Waals surface area contributed by atoms with Crippen molar-refractivity contribution in [3.05, 3.63) is 69.6 Å². The minimum absolute atomic E-state index is 0.150. The van der Waals surface area contributed by atoms with Crippen LogP contribution in [0, 0.1) is 5.82 Å². The van der Waals surface area contributed by atoms with Crippen molar-refractivity contribution < 1.29 is 13.5 Å². The molecule has 0 fully saturated rings. The van der Waals surface area contributed by atoms with Gasteiger partial charge in [-0.1, -0.05) is 6.07 Å². The van der Waals surface area contributed by atoms with E-state index >= 15 is 0 Å². The van der Waals surface area contributed by atoms with Crippen LogP contribution in [0.5, 0.6) is 5.75 Å². The molecular weight excluding hydrogens is 337 g/mol.